The van der Waals surface area contributed by atoms with Crippen molar-refractivity contribution in [3.63, 3.8) is 0 Å². The van der Waals surface area contributed by atoms with Crippen molar-refractivity contribution in [1.29, 1.82) is 0 Å². The SMILES string of the molecule is CCc1nc2c(C(O)C(C)C)cccc2n1COCC[Si](C)(C)C. The molecule has 2 rings (SSSR count). The van der Waals surface area contributed by atoms with E-state index in [9.17, 15) is 5.11 Å². The number of para-hydroxylation sites is 1. The van der Waals surface area contributed by atoms with Crippen molar-refractivity contribution in [3.8, 4) is 0 Å². The molecule has 0 spiro atoms. The second kappa shape index (κ2) is 7.81. The highest BCUT2D eigenvalue weighted by Crippen LogP contribution is 2.29. The van der Waals surface area contributed by atoms with Crippen LogP contribution in [-0.4, -0.2) is 29.3 Å². The van der Waals surface area contributed by atoms with Crippen LogP contribution in [0.15, 0.2) is 18.2 Å². The lowest BCUT2D eigenvalue weighted by atomic mass is 9.98. The van der Waals surface area contributed by atoms with Gasteiger partial charge < -0.3 is 14.4 Å². The van der Waals surface area contributed by atoms with E-state index < -0.39 is 14.2 Å². The van der Waals surface area contributed by atoms with E-state index in [1.54, 1.807) is 0 Å². The van der Waals surface area contributed by atoms with E-state index in [4.69, 9.17) is 9.72 Å². The van der Waals surface area contributed by atoms with Gasteiger partial charge in [-0.3, -0.25) is 0 Å². The lowest BCUT2D eigenvalue weighted by Gasteiger charge is -2.17. The maximum absolute atomic E-state index is 10.5. The van der Waals surface area contributed by atoms with E-state index in [0.29, 0.717) is 6.73 Å². The summed E-state index contributed by atoms with van der Waals surface area (Å²) in [6.45, 7) is 14.6. The fraction of sp³-hybridized carbons (Fsp3) is 0.632. The number of benzene rings is 1. The average Bonchev–Trinajstić information content (AvgIpc) is 2.87. The molecule has 0 bridgehead atoms. The monoisotopic (exact) mass is 348 g/mol. The van der Waals surface area contributed by atoms with Gasteiger partial charge in [0.15, 0.2) is 0 Å². The zero-order valence-corrected chi connectivity index (χ0v) is 17.0. The largest absolute Gasteiger partial charge is 0.388 e. The number of imidazole rings is 1. The van der Waals surface area contributed by atoms with E-state index in [-0.39, 0.29) is 5.92 Å². The number of hydrogen-bond donors (Lipinski definition) is 1. The highest BCUT2D eigenvalue weighted by atomic mass is 28.3. The third kappa shape index (κ3) is 4.46. The Bertz CT molecular complexity index is 674. The molecule has 0 saturated carbocycles. The number of fused-ring (bicyclic) bond motifs is 1. The number of aliphatic hydroxyl groups is 1. The molecular formula is C19H32N2O2Si. The summed E-state index contributed by atoms with van der Waals surface area (Å²) in [4.78, 5) is 4.79. The van der Waals surface area contributed by atoms with Crippen LogP contribution < -0.4 is 0 Å². The van der Waals surface area contributed by atoms with Crippen molar-refractivity contribution < 1.29 is 9.84 Å². The zero-order chi connectivity index (χ0) is 17.9. The smallest absolute Gasteiger partial charge is 0.124 e. The lowest BCUT2D eigenvalue weighted by Crippen LogP contribution is -2.22. The highest BCUT2D eigenvalue weighted by Gasteiger charge is 2.19. The van der Waals surface area contributed by atoms with Gasteiger partial charge in [0.25, 0.3) is 0 Å². The number of aliphatic hydroxyl groups excluding tert-OH is 1. The Labute approximate surface area is 146 Å². The highest BCUT2D eigenvalue weighted by molar-refractivity contribution is 6.76. The molecule has 1 aromatic heterocycles. The summed E-state index contributed by atoms with van der Waals surface area (Å²) in [7, 11) is -1.07. The van der Waals surface area contributed by atoms with Gasteiger partial charge in [-0.2, -0.15) is 0 Å². The Morgan fingerprint density at radius 2 is 1.96 bits per heavy atom. The molecule has 0 fully saturated rings. The summed E-state index contributed by atoms with van der Waals surface area (Å²) < 4.78 is 8.10. The molecule has 0 radical (unpaired) electrons. The first-order valence-electron chi connectivity index (χ1n) is 8.98. The fourth-order valence-electron chi connectivity index (χ4n) is 2.76. The van der Waals surface area contributed by atoms with Crippen LogP contribution in [0.4, 0.5) is 0 Å². The average molecular weight is 349 g/mol. The van der Waals surface area contributed by atoms with Gasteiger partial charge in [0.05, 0.1) is 17.1 Å². The quantitative estimate of drug-likeness (QED) is 0.560. The molecule has 1 N–H and O–H groups in total. The molecule has 24 heavy (non-hydrogen) atoms. The molecule has 0 aliphatic carbocycles. The van der Waals surface area contributed by atoms with Crippen molar-refractivity contribution in [2.75, 3.05) is 6.61 Å². The third-order valence-corrected chi connectivity index (χ3v) is 6.08. The van der Waals surface area contributed by atoms with Crippen molar-refractivity contribution in [3.05, 3.63) is 29.6 Å². The van der Waals surface area contributed by atoms with E-state index >= 15 is 0 Å². The molecule has 1 unspecified atom stereocenters. The molecule has 5 heteroatoms. The number of aryl methyl sites for hydroxylation is 1. The predicted molar refractivity (Wildman–Crippen MR) is 103 cm³/mol. The molecule has 2 aromatic rings. The minimum absolute atomic E-state index is 0.166. The summed E-state index contributed by atoms with van der Waals surface area (Å²) >= 11 is 0. The number of nitrogens with zero attached hydrogens (tertiary/aromatic N) is 2. The van der Waals surface area contributed by atoms with Gasteiger partial charge in [0, 0.05) is 26.7 Å². The fourth-order valence-corrected chi connectivity index (χ4v) is 3.52. The molecule has 1 aromatic carbocycles. The Balaban J connectivity index is 2.28. The Hall–Kier alpha value is -1.17. The van der Waals surface area contributed by atoms with E-state index in [2.05, 4.69) is 37.2 Å². The van der Waals surface area contributed by atoms with Crippen LogP contribution in [-0.2, 0) is 17.9 Å². The van der Waals surface area contributed by atoms with Gasteiger partial charge in [0.1, 0.15) is 12.6 Å². The van der Waals surface area contributed by atoms with Crippen molar-refractivity contribution in [1.82, 2.24) is 9.55 Å². The van der Waals surface area contributed by atoms with Crippen molar-refractivity contribution in [2.24, 2.45) is 5.92 Å². The van der Waals surface area contributed by atoms with Crippen LogP contribution in [0.2, 0.25) is 25.7 Å². The van der Waals surface area contributed by atoms with Gasteiger partial charge in [-0.05, 0) is 18.0 Å². The van der Waals surface area contributed by atoms with Crippen LogP contribution >= 0.6 is 0 Å². The first-order valence-corrected chi connectivity index (χ1v) is 12.7. The van der Waals surface area contributed by atoms with Crippen LogP contribution in [0.3, 0.4) is 0 Å². The Morgan fingerprint density at radius 1 is 1.25 bits per heavy atom. The summed E-state index contributed by atoms with van der Waals surface area (Å²) in [5.41, 5.74) is 2.87. The van der Waals surface area contributed by atoms with Crippen LogP contribution in [0.1, 0.15) is 38.3 Å². The number of ether oxygens (including phenoxy) is 1. The zero-order valence-electron chi connectivity index (χ0n) is 16.0. The van der Waals surface area contributed by atoms with Crippen LogP contribution in [0.25, 0.3) is 11.0 Å². The Morgan fingerprint density at radius 3 is 2.54 bits per heavy atom. The van der Waals surface area contributed by atoms with Crippen LogP contribution in [0.5, 0.6) is 0 Å². The molecule has 0 aliphatic heterocycles. The summed E-state index contributed by atoms with van der Waals surface area (Å²) in [5, 5.41) is 10.5. The molecule has 0 aliphatic rings. The predicted octanol–water partition coefficient (Wildman–Crippen LogP) is 4.60. The summed E-state index contributed by atoms with van der Waals surface area (Å²) in [5.74, 6) is 1.18. The van der Waals surface area contributed by atoms with Gasteiger partial charge in [0.2, 0.25) is 0 Å². The number of hydrogen-bond acceptors (Lipinski definition) is 3. The number of aromatic nitrogens is 2. The minimum atomic E-state index is -1.07. The van der Waals surface area contributed by atoms with Gasteiger partial charge in [-0.1, -0.05) is 52.5 Å². The van der Waals surface area contributed by atoms with E-state index in [0.717, 1.165) is 35.4 Å². The van der Waals surface area contributed by atoms with Crippen LogP contribution in [0, 0.1) is 5.92 Å². The van der Waals surface area contributed by atoms with Gasteiger partial charge >= 0.3 is 0 Å². The normalized spacial score (nSPS) is 13.8. The molecular weight excluding hydrogens is 316 g/mol. The number of rotatable bonds is 8. The standard InChI is InChI=1S/C19H32N2O2Si/c1-7-17-20-18-15(19(22)14(2)3)9-8-10-16(18)21(17)13-23-11-12-24(4,5)6/h8-10,14,19,22H,7,11-13H2,1-6H3. The maximum Gasteiger partial charge on any atom is 0.124 e. The second-order valence-corrected chi connectivity index (χ2v) is 13.7. The molecule has 1 heterocycles. The van der Waals surface area contributed by atoms with Gasteiger partial charge in [-0.15, -0.1) is 0 Å². The molecule has 1 atom stereocenters. The molecule has 0 amide bonds. The first-order chi connectivity index (χ1) is 11.2. The maximum atomic E-state index is 10.5. The van der Waals surface area contributed by atoms with E-state index in [1.807, 2.05) is 26.0 Å². The van der Waals surface area contributed by atoms with Crippen molar-refractivity contribution >= 4 is 19.1 Å². The van der Waals surface area contributed by atoms with Crippen molar-refractivity contribution in [2.45, 2.75) is 65.7 Å². The Kier molecular flexibility index (Phi) is 6.23. The van der Waals surface area contributed by atoms with E-state index in [1.165, 1.54) is 6.04 Å². The first kappa shape index (κ1) is 19.2. The summed E-state index contributed by atoms with van der Waals surface area (Å²) in [6.07, 6.45) is 0.359. The summed E-state index contributed by atoms with van der Waals surface area (Å²) in [6, 6.07) is 7.22. The molecule has 134 valence electrons. The second-order valence-electron chi connectivity index (χ2n) is 8.06. The molecule has 0 saturated heterocycles. The minimum Gasteiger partial charge on any atom is -0.388 e. The lowest BCUT2D eigenvalue weighted by molar-refractivity contribution is 0.0880. The topological polar surface area (TPSA) is 47.3 Å². The van der Waals surface area contributed by atoms with Gasteiger partial charge in [-0.25, -0.2) is 4.98 Å². The third-order valence-electron chi connectivity index (χ3n) is 4.37. The molecule has 4 nitrogen and oxygen atoms in total.